The lowest BCUT2D eigenvalue weighted by atomic mass is 10.3. The highest BCUT2D eigenvalue weighted by Crippen LogP contribution is 1.99. The molecule has 0 aliphatic heterocycles. The Labute approximate surface area is 73.4 Å². The predicted octanol–water partition coefficient (Wildman–Crippen LogP) is -0.310. The van der Waals surface area contributed by atoms with Crippen LogP contribution in [0.5, 0.6) is 0 Å². The summed E-state index contributed by atoms with van der Waals surface area (Å²) in [5, 5.41) is 11.4. The molecule has 0 amide bonds. The number of para-hydroxylation sites is 1. The van der Waals surface area contributed by atoms with Crippen molar-refractivity contribution < 1.29 is 10.1 Å². The van der Waals surface area contributed by atoms with Crippen LogP contribution in [0.25, 0.3) is 5.69 Å². The van der Waals surface area contributed by atoms with E-state index in [9.17, 15) is 4.79 Å². The number of rotatable bonds is 1. The van der Waals surface area contributed by atoms with E-state index in [-0.39, 0.29) is 5.56 Å². The number of hydrogen-bond donors (Lipinski definition) is 2. The van der Waals surface area contributed by atoms with Gasteiger partial charge in [-0.2, -0.15) is 0 Å². The van der Waals surface area contributed by atoms with Gasteiger partial charge in [0.15, 0.2) is 5.69 Å². The summed E-state index contributed by atoms with van der Waals surface area (Å²) >= 11 is 0. The molecule has 0 aliphatic carbocycles. The normalized spacial score (nSPS) is 10.2. The lowest BCUT2D eigenvalue weighted by molar-refractivity contribution is -0.949. The molecule has 5 nitrogen and oxygen atoms in total. The number of aromatic amines is 1. The second kappa shape index (κ2) is 2.78. The van der Waals surface area contributed by atoms with E-state index in [0.29, 0.717) is 10.5 Å². The lowest BCUT2D eigenvalue weighted by Crippen LogP contribution is -2.32. The first kappa shape index (κ1) is 7.60. The van der Waals surface area contributed by atoms with Crippen LogP contribution in [-0.4, -0.2) is 15.1 Å². The van der Waals surface area contributed by atoms with Gasteiger partial charge in [0.05, 0.1) is 0 Å². The smallest absolute Gasteiger partial charge is 0.331 e. The average Bonchev–Trinajstić information content (AvgIpc) is 2.47. The molecule has 0 saturated heterocycles. The van der Waals surface area contributed by atoms with Gasteiger partial charge in [-0.25, -0.2) is 4.79 Å². The number of hydrogen-bond acceptors (Lipinski definition) is 2. The Morgan fingerprint density at radius 2 is 2.00 bits per heavy atom. The highest BCUT2D eigenvalue weighted by molar-refractivity contribution is 5.28. The topological polar surface area (TPSA) is 61.9 Å². The molecule has 1 aromatic carbocycles. The van der Waals surface area contributed by atoms with Crippen molar-refractivity contribution in [1.82, 2.24) is 9.90 Å². The van der Waals surface area contributed by atoms with E-state index in [1.807, 2.05) is 18.2 Å². The van der Waals surface area contributed by atoms with Crippen molar-refractivity contribution >= 4 is 0 Å². The van der Waals surface area contributed by atoms with Crippen LogP contribution in [0.4, 0.5) is 0 Å². The van der Waals surface area contributed by atoms with Gasteiger partial charge in [0.25, 0.3) is 6.20 Å². The van der Waals surface area contributed by atoms with Crippen molar-refractivity contribution in [2.45, 2.75) is 0 Å². The number of nitrogens with zero attached hydrogens (tertiary/aromatic N) is 2. The average molecular weight is 178 g/mol. The van der Waals surface area contributed by atoms with E-state index in [2.05, 4.69) is 5.21 Å². The van der Waals surface area contributed by atoms with Gasteiger partial charge in [0.2, 0.25) is 0 Å². The van der Waals surface area contributed by atoms with Crippen LogP contribution in [-0.2, 0) is 0 Å². The van der Waals surface area contributed by atoms with E-state index in [0.717, 1.165) is 6.20 Å². The van der Waals surface area contributed by atoms with Gasteiger partial charge in [-0.3, -0.25) is 0 Å². The summed E-state index contributed by atoms with van der Waals surface area (Å²) in [5.41, 5.74) is 0.369. The third-order valence-electron chi connectivity index (χ3n) is 1.67. The zero-order chi connectivity index (χ0) is 9.26. The van der Waals surface area contributed by atoms with E-state index in [4.69, 9.17) is 5.21 Å². The maximum atomic E-state index is 11.2. The molecular weight excluding hydrogens is 170 g/mol. The van der Waals surface area contributed by atoms with Crippen LogP contribution in [0.1, 0.15) is 0 Å². The van der Waals surface area contributed by atoms with Crippen LogP contribution in [0.15, 0.2) is 41.3 Å². The van der Waals surface area contributed by atoms with Crippen molar-refractivity contribution in [1.29, 1.82) is 0 Å². The molecule has 0 atom stereocenters. The number of nitrogens with one attached hydrogen (secondary N) is 1. The first-order valence-electron chi connectivity index (χ1n) is 3.76. The SMILES string of the molecule is O=c1c[n+](O)[nH]n1-c1ccccc1. The molecule has 2 aromatic rings. The summed E-state index contributed by atoms with van der Waals surface area (Å²) in [4.78, 5) is 11.8. The van der Waals surface area contributed by atoms with Gasteiger partial charge < -0.3 is 5.21 Å². The molecule has 1 heterocycles. The molecule has 0 radical (unpaired) electrons. The summed E-state index contributed by atoms with van der Waals surface area (Å²) in [6.07, 6.45) is 1.05. The molecule has 5 heteroatoms. The number of benzene rings is 1. The molecule has 2 N–H and O–H groups in total. The second-order valence-corrected chi connectivity index (χ2v) is 2.58. The third-order valence-corrected chi connectivity index (χ3v) is 1.67. The van der Waals surface area contributed by atoms with Crippen LogP contribution >= 0.6 is 0 Å². The Morgan fingerprint density at radius 3 is 2.54 bits per heavy atom. The summed E-state index contributed by atoms with van der Waals surface area (Å²) in [5.74, 6) is 0. The van der Waals surface area contributed by atoms with E-state index < -0.39 is 0 Å². The molecular formula is C8H8N3O2+. The Morgan fingerprint density at radius 1 is 1.31 bits per heavy atom. The molecule has 0 fully saturated rings. The van der Waals surface area contributed by atoms with Crippen LogP contribution in [0, 0.1) is 0 Å². The predicted molar refractivity (Wildman–Crippen MR) is 43.8 cm³/mol. The molecule has 2 rings (SSSR count). The third kappa shape index (κ3) is 1.31. The van der Waals surface area contributed by atoms with Crippen molar-refractivity contribution in [2.75, 3.05) is 0 Å². The summed E-state index contributed by atoms with van der Waals surface area (Å²) in [6.45, 7) is 0. The van der Waals surface area contributed by atoms with Gasteiger partial charge in [-0.15, -0.1) is 0 Å². The molecule has 13 heavy (non-hydrogen) atoms. The second-order valence-electron chi connectivity index (χ2n) is 2.58. The Bertz CT molecular complexity index is 458. The molecule has 0 bridgehead atoms. The number of H-pyrrole nitrogens is 1. The van der Waals surface area contributed by atoms with Crippen molar-refractivity contribution in [3.05, 3.63) is 46.9 Å². The van der Waals surface area contributed by atoms with Gasteiger partial charge in [0, 0.05) is 4.85 Å². The quantitative estimate of drug-likeness (QED) is 0.465. The standard InChI is InChI=1S/C8H7N3O2/c12-8-6-10(13)9-11(8)7-4-2-1-3-5-7/h1-6H,(H-,9,12,13)/p+1. The molecule has 0 spiro atoms. The minimum absolute atomic E-state index is 0.311. The maximum absolute atomic E-state index is 11.2. The summed E-state index contributed by atoms with van der Waals surface area (Å²) in [7, 11) is 0. The maximum Gasteiger partial charge on any atom is 0.402 e. The molecule has 66 valence electrons. The fourth-order valence-corrected chi connectivity index (χ4v) is 1.10. The fraction of sp³-hybridized carbons (Fsp3) is 0. The lowest BCUT2D eigenvalue weighted by Gasteiger charge is -1.90. The zero-order valence-electron chi connectivity index (χ0n) is 6.71. The summed E-state index contributed by atoms with van der Waals surface area (Å²) < 4.78 is 1.24. The highest BCUT2D eigenvalue weighted by Gasteiger charge is 2.10. The first-order chi connectivity index (χ1) is 6.27. The molecule has 0 unspecified atom stereocenters. The van der Waals surface area contributed by atoms with Crippen molar-refractivity contribution in [3.8, 4) is 5.69 Å². The Hall–Kier alpha value is -2.04. The van der Waals surface area contributed by atoms with Crippen molar-refractivity contribution in [3.63, 3.8) is 0 Å². The van der Waals surface area contributed by atoms with Gasteiger partial charge in [-0.05, 0) is 12.1 Å². The monoisotopic (exact) mass is 178 g/mol. The first-order valence-corrected chi connectivity index (χ1v) is 3.76. The minimum atomic E-state index is -0.311. The van der Waals surface area contributed by atoms with Crippen LogP contribution < -0.4 is 10.4 Å². The van der Waals surface area contributed by atoms with Crippen molar-refractivity contribution in [2.24, 2.45) is 0 Å². The molecule has 0 aliphatic rings. The van der Waals surface area contributed by atoms with Crippen LogP contribution in [0.3, 0.4) is 0 Å². The zero-order valence-corrected chi connectivity index (χ0v) is 6.71. The van der Waals surface area contributed by atoms with E-state index in [1.54, 1.807) is 12.1 Å². The Balaban J connectivity index is 2.59. The van der Waals surface area contributed by atoms with Gasteiger partial charge in [-0.1, -0.05) is 28.1 Å². The molecule has 0 saturated carbocycles. The van der Waals surface area contributed by atoms with E-state index in [1.165, 1.54) is 4.68 Å². The Kier molecular flexibility index (Phi) is 1.63. The minimum Gasteiger partial charge on any atom is -0.331 e. The van der Waals surface area contributed by atoms with Gasteiger partial charge >= 0.3 is 5.56 Å². The van der Waals surface area contributed by atoms with E-state index >= 15 is 0 Å². The highest BCUT2D eigenvalue weighted by atomic mass is 16.5. The fourth-order valence-electron chi connectivity index (χ4n) is 1.10. The largest absolute Gasteiger partial charge is 0.402 e. The van der Waals surface area contributed by atoms with Crippen LogP contribution in [0.2, 0.25) is 0 Å². The molecule has 1 aromatic heterocycles. The summed E-state index contributed by atoms with van der Waals surface area (Å²) in [6, 6.07) is 8.99. The van der Waals surface area contributed by atoms with Gasteiger partial charge in [0.1, 0.15) is 0 Å². The number of aromatic nitrogens is 3.